The van der Waals surface area contributed by atoms with Crippen LogP contribution in [0.3, 0.4) is 0 Å². The number of carboxylic acids is 1. The summed E-state index contributed by atoms with van der Waals surface area (Å²) in [6, 6.07) is 34.7. The molecule has 0 heterocycles. The summed E-state index contributed by atoms with van der Waals surface area (Å²) in [5.74, 6) is -2.03. The van der Waals surface area contributed by atoms with Crippen molar-refractivity contribution in [2.24, 2.45) is 11.8 Å². The number of hydrogen-bond donors (Lipinski definition) is 8. The quantitative estimate of drug-likeness (QED) is 0.0355. The molecule has 8 aromatic rings. The van der Waals surface area contributed by atoms with Crippen LogP contribution < -0.4 is 36.1 Å². The van der Waals surface area contributed by atoms with Gasteiger partial charge in [0.2, 0.25) is 23.6 Å². The number of alkyl carbamates (subject to hydrolysis) is 1. The van der Waals surface area contributed by atoms with Gasteiger partial charge < -0.3 is 56.1 Å². The molecule has 0 saturated heterocycles. The van der Waals surface area contributed by atoms with E-state index in [1.54, 1.807) is 77.5 Å². The number of carbonyl (C=O) groups excluding carboxylic acids is 5. The summed E-state index contributed by atoms with van der Waals surface area (Å²) in [5, 5.41) is 51.9. The Bertz CT molecular complexity index is 3790. The van der Waals surface area contributed by atoms with Crippen molar-refractivity contribution < 1.29 is 58.3 Å². The molecule has 8 rings (SSSR count). The minimum atomic E-state index is -1.12. The van der Waals surface area contributed by atoms with Gasteiger partial charge >= 0.3 is 12.1 Å². The van der Waals surface area contributed by atoms with Crippen LogP contribution in [0.25, 0.3) is 65.3 Å². The number of aromatic hydroxyl groups is 2. The van der Waals surface area contributed by atoms with Gasteiger partial charge in [-0.15, -0.1) is 0 Å². The molecule has 8 N–H and O–H groups in total. The van der Waals surface area contributed by atoms with E-state index >= 15 is 0 Å². The van der Waals surface area contributed by atoms with Crippen molar-refractivity contribution in [1.82, 2.24) is 16.0 Å². The van der Waals surface area contributed by atoms with Gasteiger partial charge in [0.15, 0.2) is 0 Å². The Morgan fingerprint density at radius 1 is 0.500 bits per heavy atom. The first-order chi connectivity index (χ1) is 39.0. The fourth-order valence-electron chi connectivity index (χ4n) is 10.2. The number of carbonyl (C=O) groups is 6. The lowest BCUT2D eigenvalue weighted by Crippen LogP contribution is -2.48. The highest BCUT2D eigenvalue weighted by atomic mass is 16.6. The second kappa shape index (κ2) is 25.0. The van der Waals surface area contributed by atoms with E-state index in [0.717, 1.165) is 54.2 Å². The molecule has 8 aromatic carbocycles. The van der Waals surface area contributed by atoms with E-state index in [0.29, 0.717) is 58.0 Å². The number of benzene rings is 8. The largest absolute Gasteiger partial charge is 0.507 e. The number of nitrogens with one attached hydrogen (secondary N) is 5. The average molecular weight is 1110 g/mol. The zero-order chi connectivity index (χ0) is 59.2. The van der Waals surface area contributed by atoms with Crippen LogP contribution in [0.15, 0.2) is 121 Å². The van der Waals surface area contributed by atoms with Gasteiger partial charge in [0, 0.05) is 46.5 Å². The van der Waals surface area contributed by atoms with Crippen LogP contribution in [-0.4, -0.2) is 89.5 Å². The van der Waals surface area contributed by atoms with Crippen molar-refractivity contribution in [3.63, 3.8) is 0 Å². The predicted octanol–water partition coefficient (Wildman–Crippen LogP) is 11.4. The Hall–Kier alpha value is -9.38. The fraction of sp³-hybridized carbons (Fsp3) is 0.292. The third kappa shape index (κ3) is 13.6. The number of phenols is 2. The molecule has 0 bridgehead atoms. The topological polar surface area (TPSA) is 251 Å². The molecule has 0 aliphatic rings. The van der Waals surface area contributed by atoms with Crippen molar-refractivity contribution in [3.8, 4) is 45.3 Å². The Labute approximate surface area is 475 Å². The number of aryl methyl sites for hydroxylation is 2. The van der Waals surface area contributed by atoms with Crippen molar-refractivity contribution in [3.05, 3.63) is 132 Å². The van der Waals surface area contributed by atoms with E-state index in [1.165, 1.54) is 0 Å². The number of methoxy groups -OCH3 is 2. The molecule has 0 aliphatic heterocycles. The highest BCUT2D eigenvalue weighted by molar-refractivity contribution is 6.12. The van der Waals surface area contributed by atoms with Crippen LogP contribution in [-0.2, 0) is 41.6 Å². The molecule has 0 fully saturated rings. The maximum atomic E-state index is 14.0. The molecule has 0 aliphatic carbocycles. The number of fused-ring (bicyclic) bond motifs is 4. The van der Waals surface area contributed by atoms with Gasteiger partial charge in [0.1, 0.15) is 47.2 Å². The second-order valence-electron chi connectivity index (χ2n) is 22.0. The monoisotopic (exact) mass is 1110 g/mol. The lowest BCUT2D eigenvalue weighted by molar-refractivity contribution is -0.138. The average Bonchev–Trinajstić information content (AvgIpc) is 3.64. The summed E-state index contributed by atoms with van der Waals surface area (Å²) < 4.78 is 17.1. The van der Waals surface area contributed by atoms with Crippen molar-refractivity contribution in [2.75, 3.05) is 31.4 Å². The highest BCUT2D eigenvalue weighted by Crippen LogP contribution is 2.47. The summed E-state index contributed by atoms with van der Waals surface area (Å²) in [4.78, 5) is 76.9. The zero-order valence-electron chi connectivity index (χ0n) is 47.4. The normalized spacial score (nSPS) is 12.3. The number of rotatable bonds is 20. The first-order valence-electron chi connectivity index (χ1n) is 27.1. The Kier molecular flexibility index (Phi) is 17.9. The van der Waals surface area contributed by atoms with Crippen molar-refractivity contribution in [1.29, 1.82) is 0 Å². The van der Waals surface area contributed by atoms with Crippen LogP contribution in [0.2, 0.25) is 0 Å². The SMILES string of the molecule is COc1ccc2cc(NC(=O)[C@@H](NC(=O)CCc3ccc4c(-c5c(OC)ccc6cc(NC(=O)[C@@H](NC(=O)OC(C)(C)C)C(C)C)ccc56)c(O)ccc4c3)C(C)C)ccc2c1-c1c(O)ccc2cc(CCC(=O)NCC(=O)O)ccc12. The summed E-state index contributed by atoms with van der Waals surface area (Å²) in [7, 11) is 3.11. The van der Waals surface area contributed by atoms with Crippen LogP contribution in [0.1, 0.15) is 72.4 Å². The third-order valence-corrected chi connectivity index (χ3v) is 14.2. The maximum absolute atomic E-state index is 14.0. The molecule has 0 saturated carbocycles. The first kappa shape index (κ1) is 58.8. The molecule has 17 nitrogen and oxygen atoms in total. The predicted molar refractivity (Wildman–Crippen MR) is 320 cm³/mol. The third-order valence-electron chi connectivity index (χ3n) is 14.2. The van der Waals surface area contributed by atoms with Gasteiger partial charge in [-0.1, -0.05) is 100 Å². The van der Waals surface area contributed by atoms with E-state index in [9.17, 15) is 39.0 Å². The van der Waals surface area contributed by atoms with Gasteiger partial charge in [-0.25, -0.2) is 4.79 Å². The number of ether oxygens (including phenoxy) is 3. The summed E-state index contributed by atoms with van der Waals surface area (Å²) in [5.41, 5.74) is 4.34. The van der Waals surface area contributed by atoms with E-state index < -0.39 is 48.1 Å². The van der Waals surface area contributed by atoms with Crippen LogP contribution in [0.4, 0.5) is 16.2 Å². The lowest BCUT2D eigenvalue weighted by atomic mass is 9.91. The molecule has 0 spiro atoms. The molecule has 0 radical (unpaired) electrons. The van der Waals surface area contributed by atoms with Gasteiger partial charge in [0.05, 0.1) is 14.2 Å². The van der Waals surface area contributed by atoms with Crippen molar-refractivity contribution >= 4 is 90.2 Å². The Morgan fingerprint density at radius 3 is 1.33 bits per heavy atom. The number of amides is 5. The minimum Gasteiger partial charge on any atom is -0.507 e. The van der Waals surface area contributed by atoms with Crippen LogP contribution >= 0.6 is 0 Å². The molecule has 0 unspecified atom stereocenters. The van der Waals surface area contributed by atoms with Crippen LogP contribution in [0, 0.1) is 11.8 Å². The van der Waals surface area contributed by atoms with Crippen molar-refractivity contribution in [2.45, 2.75) is 91.8 Å². The number of carboxylic acid groups (broad SMARTS) is 1. The number of phenolic OH excluding ortho intramolecular Hbond substituents is 2. The number of hydrogen-bond acceptors (Lipinski definition) is 11. The molecule has 82 heavy (non-hydrogen) atoms. The smallest absolute Gasteiger partial charge is 0.408 e. The molecule has 17 heteroatoms. The Balaban J connectivity index is 0.956. The number of anilines is 2. The molecule has 0 aromatic heterocycles. The minimum absolute atomic E-state index is 0.0241. The molecule has 5 amide bonds. The standard InChI is InChI=1S/C65H69N5O12/c1-35(2)60(62(77)67-43-18-22-47-41(32-43)16-26-51(80-8)58(47)56-45-20-10-37(30-39(45)14-24-49(56)71)12-28-53(73)66-34-55(75)76)69-54(74)29-13-38-11-21-46-40(31-38)15-25-50(72)57(46)59-48-23-19-44(33-42(48)17-27-52(59)81-9)68-63(78)61(36(3)4)70-64(79)82-65(5,6)7/h10-11,14-27,30-33,35-36,60-61,71-72H,12-13,28-29,34H2,1-9H3,(H,66,73)(H,67,77)(H,68,78)(H,69,74)(H,70,79)(H,75,76)/t60-,61-/m0/s1. The van der Waals surface area contributed by atoms with Gasteiger partial charge in [-0.3, -0.25) is 24.0 Å². The maximum Gasteiger partial charge on any atom is 0.408 e. The van der Waals surface area contributed by atoms with Gasteiger partial charge in [0.25, 0.3) is 0 Å². The summed E-state index contributed by atoms with van der Waals surface area (Å²) in [6.45, 7) is 12.2. The molecular weight excluding hydrogens is 1040 g/mol. The highest BCUT2D eigenvalue weighted by Gasteiger charge is 2.29. The summed E-state index contributed by atoms with van der Waals surface area (Å²) in [6.07, 6.45) is 0.248. The van der Waals surface area contributed by atoms with E-state index in [1.807, 2.05) is 107 Å². The summed E-state index contributed by atoms with van der Waals surface area (Å²) >= 11 is 0. The number of aliphatic carboxylic acids is 1. The molecular formula is C65H69N5O12. The van der Waals surface area contributed by atoms with Crippen LogP contribution in [0.5, 0.6) is 23.0 Å². The van der Waals surface area contributed by atoms with E-state index in [2.05, 4.69) is 26.6 Å². The van der Waals surface area contributed by atoms with Gasteiger partial charge in [-0.05, 0) is 148 Å². The van der Waals surface area contributed by atoms with E-state index in [4.69, 9.17) is 19.3 Å². The second-order valence-corrected chi connectivity index (χ2v) is 22.0. The zero-order valence-corrected chi connectivity index (χ0v) is 47.4. The lowest BCUT2D eigenvalue weighted by Gasteiger charge is -2.25. The molecule has 2 atom stereocenters. The van der Waals surface area contributed by atoms with E-state index in [-0.39, 0.29) is 48.0 Å². The Morgan fingerprint density at radius 2 is 0.902 bits per heavy atom. The molecule has 426 valence electrons. The fourth-order valence-corrected chi connectivity index (χ4v) is 10.2. The first-order valence-corrected chi connectivity index (χ1v) is 27.1. The van der Waals surface area contributed by atoms with Gasteiger partial charge in [-0.2, -0.15) is 0 Å².